The van der Waals surface area contributed by atoms with Crippen LogP contribution in [0, 0.1) is 5.92 Å². The van der Waals surface area contributed by atoms with Crippen molar-refractivity contribution in [3.8, 4) is 0 Å². The van der Waals surface area contributed by atoms with Crippen molar-refractivity contribution in [1.82, 2.24) is 5.32 Å². The van der Waals surface area contributed by atoms with Crippen molar-refractivity contribution in [3.63, 3.8) is 0 Å². The molecule has 1 saturated carbocycles. The number of nitrogens with one attached hydrogen (secondary N) is 1. The van der Waals surface area contributed by atoms with Gasteiger partial charge in [0.15, 0.2) is 0 Å². The van der Waals surface area contributed by atoms with Crippen LogP contribution in [0.3, 0.4) is 0 Å². The molecule has 1 unspecified atom stereocenters. The first-order valence-electron chi connectivity index (χ1n) is 7.50. The molecule has 0 amide bonds. The summed E-state index contributed by atoms with van der Waals surface area (Å²) >= 11 is 0. The average molecular weight is 271 g/mol. The lowest BCUT2D eigenvalue weighted by Crippen LogP contribution is -2.55. The van der Waals surface area contributed by atoms with Gasteiger partial charge in [-0.2, -0.15) is 0 Å². The second kappa shape index (κ2) is 7.85. The molecule has 0 radical (unpaired) electrons. The molecule has 0 aromatic rings. The quantitative estimate of drug-likeness (QED) is 0.490. The van der Waals surface area contributed by atoms with E-state index in [-0.39, 0.29) is 5.97 Å². The fourth-order valence-corrected chi connectivity index (χ4v) is 2.00. The molecule has 0 saturated heterocycles. The van der Waals surface area contributed by atoms with Gasteiger partial charge < -0.3 is 9.47 Å². The standard InChI is InChI=1S/C15H29NO3/c1-5-19-14(17)15(4,16-13-8-9-13)11-18-10-6-7-12(2)3/h12-13,16H,5-11H2,1-4H3. The zero-order valence-corrected chi connectivity index (χ0v) is 12.8. The molecule has 0 heterocycles. The topological polar surface area (TPSA) is 47.6 Å². The summed E-state index contributed by atoms with van der Waals surface area (Å²) in [6, 6.07) is 0.452. The van der Waals surface area contributed by atoms with Gasteiger partial charge in [-0.25, -0.2) is 4.79 Å². The molecule has 1 aliphatic rings. The molecular formula is C15H29NO3. The lowest BCUT2D eigenvalue weighted by molar-refractivity contribution is -0.153. The third-order valence-electron chi connectivity index (χ3n) is 3.29. The molecule has 0 aromatic heterocycles. The molecule has 1 aliphatic carbocycles. The SMILES string of the molecule is CCOC(=O)C(C)(COCCCC(C)C)NC1CC1. The molecule has 0 aliphatic heterocycles. The number of carbonyl (C=O) groups excluding carboxylic acids is 1. The van der Waals surface area contributed by atoms with Gasteiger partial charge >= 0.3 is 5.97 Å². The van der Waals surface area contributed by atoms with Crippen molar-refractivity contribution in [2.45, 2.75) is 65.0 Å². The van der Waals surface area contributed by atoms with Crippen LogP contribution in [0.15, 0.2) is 0 Å². The van der Waals surface area contributed by atoms with Crippen molar-refractivity contribution >= 4 is 5.97 Å². The number of esters is 1. The van der Waals surface area contributed by atoms with E-state index in [1.165, 1.54) is 0 Å². The van der Waals surface area contributed by atoms with Crippen LogP contribution in [-0.4, -0.2) is 37.4 Å². The number of hydrogen-bond acceptors (Lipinski definition) is 4. The Morgan fingerprint density at radius 3 is 2.63 bits per heavy atom. The molecule has 1 atom stereocenters. The van der Waals surface area contributed by atoms with Crippen molar-refractivity contribution in [1.29, 1.82) is 0 Å². The smallest absolute Gasteiger partial charge is 0.328 e. The lowest BCUT2D eigenvalue weighted by Gasteiger charge is -2.28. The van der Waals surface area contributed by atoms with E-state index < -0.39 is 5.54 Å². The molecule has 0 aromatic carbocycles. The van der Waals surface area contributed by atoms with Crippen LogP contribution in [0.4, 0.5) is 0 Å². The van der Waals surface area contributed by atoms with Crippen LogP contribution in [0.1, 0.15) is 53.4 Å². The van der Waals surface area contributed by atoms with E-state index in [1.807, 2.05) is 13.8 Å². The van der Waals surface area contributed by atoms with Crippen molar-refractivity contribution < 1.29 is 14.3 Å². The first-order chi connectivity index (χ1) is 8.98. The van der Waals surface area contributed by atoms with Crippen molar-refractivity contribution in [2.75, 3.05) is 19.8 Å². The van der Waals surface area contributed by atoms with Crippen LogP contribution in [0.5, 0.6) is 0 Å². The number of carbonyl (C=O) groups is 1. The Hall–Kier alpha value is -0.610. The van der Waals surface area contributed by atoms with Gasteiger partial charge in [0.2, 0.25) is 0 Å². The van der Waals surface area contributed by atoms with Crippen LogP contribution in [0.25, 0.3) is 0 Å². The zero-order valence-electron chi connectivity index (χ0n) is 12.8. The molecule has 4 nitrogen and oxygen atoms in total. The summed E-state index contributed by atoms with van der Waals surface area (Å²) in [4.78, 5) is 12.0. The Morgan fingerprint density at radius 1 is 1.42 bits per heavy atom. The Morgan fingerprint density at radius 2 is 2.11 bits per heavy atom. The lowest BCUT2D eigenvalue weighted by atomic mass is 10.0. The predicted octanol–water partition coefficient (Wildman–Crippen LogP) is 2.51. The third-order valence-corrected chi connectivity index (χ3v) is 3.29. The number of ether oxygens (including phenoxy) is 2. The molecule has 1 rings (SSSR count). The molecule has 19 heavy (non-hydrogen) atoms. The molecule has 0 spiro atoms. The molecule has 1 fully saturated rings. The van der Waals surface area contributed by atoms with Crippen molar-refractivity contribution in [2.24, 2.45) is 5.92 Å². The largest absolute Gasteiger partial charge is 0.465 e. The highest BCUT2D eigenvalue weighted by molar-refractivity contribution is 5.80. The maximum Gasteiger partial charge on any atom is 0.328 e. The first kappa shape index (κ1) is 16.4. The zero-order chi connectivity index (χ0) is 14.3. The van der Waals surface area contributed by atoms with E-state index in [2.05, 4.69) is 19.2 Å². The van der Waals surface area contributed by atoms with E-state index in [0.717, 1.165) is 25.7 Å². The van der Waals surface area contributed by atoms with E-state index in [1.54, 1.807) is 0 Å². The summed E-state index contributed by atoms with van der Waals surface area (Å²) in [6.07, 6.45) is 4.48. The van der Waals surface area contributed by atoms with Gasteiger partial charge in [0.1, 0.15) is 5.54 Å². The normalized spacial score (nSPS) is 18.4. The fraction of sp³-hybridized carbons (Fsp3) is 0.933. The Bertz CT molecular complexity index is 277. The summed E-state index contributed by atoms with van der Waals surface area (Å²) in [6.45, 7) is 9.63. The van der Waals surface area contributed by atoms with E-state index in [9.17, 15) is 4.79 Å². The highest BCUT2D eigenvalue weighted by Crippen LogP contribution is 2.23. The molecule has 112 valence electrons. The van der Waals surface area contributed by atoms with Gasteiger partial charge in [-0.05, 0) is 45.4 Å². The Kier molecular flexibility index (Phi) is 6.80. The first-order valence-corrected chi connectivity index (χ1v) is 7.50. The summed E-state index contributed by atoms with van der Waals surface area (Å²) in [7, 11) is 0. The van der Waals surface area contributed by atoms with E-state index in [4.69, 9.17) is 9.47 Å². The fourth-order valence-electron chi connectivity index (χ4n) is 2.00. The average Bonchev–Trinajstić information content (AvgIpc) is 3.12. The third kappa shape index (κ3) is 6.39. The number of rotatable bonds is 10. The molecule has 0 bridgehead atoms. The highest BCUT2D eigenvalue weighted by atomic mass is 16.5. The van der Waals surface area contributed by atoms with E-state index >= 15 is 0 Å². The maximum absolute atomic E-state index is 12.0. The summed E-state index contributed by atoms with van der Waals surface area (Å²) in [5.41, 5.74) is -0.699. The van der Waals surface area contributed by atoms with Gasteiger partial charge in [-0.15, -0.1) is 0 Å². The van der Waals surface area contributed by atoms with Gasteiger partial charge in [0.25, 0.3) is 0 Å². The minimum absolute atomic E-state index is 0.203. The maximum atomic E-state index is 12.0. The minimum atomic E-state index is -0.699. The monoisotopic (exact) mass is 271 g/mol. The second-order valence-electron chi connectivity index (χ2n) is 6.06. The van der Waals surface area contributed by atoms with Crippen molar-refractivity contribution in [3.05, 3.63) is 0 Å². The minimum Gasteiger partial charge on any atom is -0.465 e. The van der Waals surface area contributed by atoms with Crippen LogP contribution in [0.2, 0.25) is 0 Å². The molecule has 4 heteroatoms. The van der Waals surface area contributed by atoms with Crippen LogP contribution < -0.4 is 5.32 Å². The van der Waals surface area contributed by atoms with Gasteiger partial charge in [-0.3, -0.25) is 5.32 Å². The summed E-state index contributed by atoms with van der Waals surface area (Å²) < 4.78 is 10.8. The van der Waals surface area contributed by atoms with Crippen LogP contribution >= 0.6 is 0 Å². The Labute approximate surface area is 117 Å². The summed E-state index contributed by atoms with van der Waals surface area (Å²) in [5.74, 6) is 0.496. The summed E-state index contributed by atoms with van der Waals surface area (Å²) in [5, 5.41) is 3.35. The number of hydrogen-bond donors (Lipinski definition) is 1. The Balaban J connectivity index is 2.33. The van der Waals surface area contributed by atoms with Gasteiger partial charge in [-0.1, -0.05) is 13.8 Å². The van der Waals surface area contributed by atoms with Crippen LogP contribution in [-0.2, 0) is 14.3 Å². The molecule has 1 N–H and O–H groups in total. The van der Waals surface area contributed by atoms with Gasteiger partial charge in [0, 0.05) is 12.6 Å². The second-order valence-corrected chi connectivity index (χ2v) is 6.06. The highest BCUT2D eigenvalue weighted by Gasteiger charge is 2.39. The predicted molar refractivity (Wildman–Crippen MR) is 76.1 cm³/mol. The molecular weight excluding hydrogens is 242 g/mol. The van der Waals surface area contributed by atoms with E-state index in [0.29, 0.717) is 31.8 Å². The van der Waals surface area contributed by atoms with Gasteiger partial charge in [0.05, 0.1) is 13.2 Å².